The Morgan fingerprint density at radius 1 is 1.07 bits per heavy atom. The molecule has 5 rings (SSSR count). The van der Waals surface area contributed by atoms with Crippen LogP contribution >= 0.6 is 22.9 Å². The molecule has 4 aromatic rings. The van der Waals surface area contributed by atoms with E-state index in [0.29, 0.717) is 21.1 Å². The zero-order chi connectivity index (χ0) is 29.3. The van der Waals surface area contributed by atoms with Gasteiger partial charge in [-0.05, 0) is 62.7 Å². The molecule has 0 fully saturated rings. The Morgan fingerprint density at radius 2 is 1.78 bits per heavy atom. The van der Waals surface area contributed by atoms with Crippen molar-refractivity contribution in [2.45, 2.75) is 31.7 Å². The van der Waals surface area contributed by atoms with E-state index in [2.05, 4.69) is 4.99 Å². The van der Waals surface area contributed by atoms with Crippen LogP contribution in [0, 0.1) is 6.92 Å². The predicted molar refractivity (Wildman–Crippen MR) is 157 cm³/mol. The molecule has 1 aromatic heterocycles. The van der Waals surface area contributed by atoms with Gasteiger partial charge in [0.2, 0.25) is 0 Å². The summed E-state index contributed by atoms with van der Waals surface area (Å²) in [6.45, 7) is 5.44. The average molecular weight is 609 g/mol. The Hall–Kier alpha value is -3.99. The highest BCUT2D eigenvalue weighted by Gasteiger charge is 2.33. The van der Waals surface area contributed by atoms with Crippen molar-refractivity contribution in [1.82, 2.24) is 4.57 Å². The molecule has 1 aliphatic heterocycles. The average Bonchev–Trinajstić information content (AvgIpc) is 3.24. The monoisotopic (exact) mass is 608 g/mol. The molecule has 2 heterocycles. The Morgan fingerprint density at radius 3 is 2.46 bits per heavy atom. The van der Waals surface area contributed by atoms with Crippen LogP contribution in [0.1, 0.15) is 36.6 Å². The van der Waals surface area contributed by atoms with E-state index in [0.717, 1.165) is 16.9 Å². The fraction of sp³-hybridized carbons (Fsp3) is 0.167. The zero-order valence-electron chi connectivity index (χ0n) is 22.3. The Bertz CT molecular complexity index is 1960. The van der Waals surface area contributed by atoms with Crippen molar-refractivity contribution >= 4 is 45.1 Å². The number of carbonyl (C=O) groups is 1. The number of carbonyl (C=O) groups excluding carboxylic acids is 1. The normalized spacial score (nSPS) is 15.3. The van der Waals surface area contributed by atoms with Crippen molar-refractivity contribution in [2.24, 2.45) is 4.99 Å². The molecule has 1 aliphatic rings. The summed E-state index contributed by atoms with van der Waals surface area (Å²) in [5.41, 5.74) is 2.21. The van der Waals surface area contributed by atoms with Gasteiger partial charge in [-0.3, -0.25) is 9.36 Å². The van der Waals surface area contributed by atoms with Gasteiger partial charge in [-0.2, -0.15) is 8.42 Å². The van der Waals surface area contributed by atoms with Gasteiger partial charge in [0.15, 0.2) is 4.80 Å². The number of esters is 1. The third kappa shape index (κ3) is 5.76. The topological polar surface area (TPSA) is 104 Å². The molecule has 1 atom stereocenters. The molecule has 0 bridgehead atoms. The standard InChI is InChI=1S/C30H25ClN2O6S2/c1-4-38-29(35)26-19(3)32-30-33(27(26)20-8-6-5-7-9-20)28(34)25(40-30)17-21-16-22(31)12-15-24(21)39-41(36,37)23-13-10-18(2)11-14-23/h5-17,27H,4H2,1-3H3/b25-17-/t27-/m1/s1. The van der Waals surface area contributed by atoms with Crippen molar-refractivity contribution in [2.75, 3.05) is 6.61 Å². The highest BCUT2D eigenvalue weighted by Crippen LogP contribution is 2.31. The summed E-state index contributed by atoms with van der Waals surface area (Å²) in [5, 5.41) is 0.326. The third-order valence-corrected chi connectivity index (χ3v) is 8.87. The fourth-order valence-corrected chi connectivity index (χ4v) is 6.63. The molecular weight excluding hydrogens is 584 g/mol. The van der Waals surface area contributed by atoms with Gasteiger partial charge >= 0.3 is 16.1 Å². The van der Waals surface area contributed by atoms with Gasteiger partial charge in [-0.1, -0.05) is 71.0 Å². The number of aromatic nitrogens is 1. The van der Waals surface area contributed by atoms with Gasteiger partial charge in [-0.25, -0.2) is 9.79 Å². The quantitative estimate of drug-likeness (QED) is 0.226. The molecule has 0 amide bonds. The van der Waals surface area contributed by atoms with Gasteiger partial charge in [0.25, 0.3) is 5.56 Å². The van der Waals surface area contributed by atoms with Crippen molar-refractivity contribution in [3.8, 4) is 5.75 Å². The number of aryl methyl sites for hydroxylation is 1. The first-order chi connectivity index (χ1) is 19.6. The lowest BCUT2D eigenvalue weighted by molar-refractivity contribution is -0.139. The van der Waals surface area contributed by atoms with Gasteiger partial charge in [0.1, 0.15) is 10.6 Å². The number of hydrogen-bond acceptors (Lipinski definition) is 8. The summed E-state index contributed by atoms with van der Waals surface area (Å²) < 4.78 is 38.6. The lowest BCUT2D eigenvalue weighted by Gasteiger charge is -2.24. The van der Waals surface area contributed by atoms with Crippen LogP contribution in [0.25, 0.3) is 6.08 Å². The summed E-state index contributed by atoms with van der Waals surface area (Å²) in [6.07, 6.45) is 1.52. The lowest BCUT2D eigenvalue weighted by Crippen LogP contribution is -2.39. The van der Waals surface area contributed by atoms with Crippen LogP contribution in [0.5, 0.6) is 5.75 Å². The van der Waals surface area contributed by atoms with E-state index in [-0.39, 0.29) is 32.9 Å². The molecule has 0 saturated carbocycles. The number of rotatable bonds is 7. The van der Waals surface area contributed by atoms with E-state index in [9.17, 15) is 18.0 Å². The van der Waals surface area contributed by atoms with Crippen molar-refractivity contribution in [3.05, 3.63) is 125 Å². The minimum Gasteiger partial charge on any atom is -0.463 e. The van der Waals surface area contributed by atoms with Crippen LogP contribution in [0.2, 0.25) is 5.02 Å². The van der Waals surface area contributed by atoms with Gasteiger partial charge < -0.3 is 8.92 Å². The fourth-order valence-electron chi connectivity index (χ4n) is 4.46. The van der Waals surface area contributed by atoms with E-state index in [1.165, 1.54) is 41.0 Å². The first kappa shape index (κ1) is 28.5. The number of fused-ring (bicyclic) bond motifs is 1. The van der Waals surface area contributed by atoms with E-state index >= 15 is 0 Å². The number of allylic oxidation sites excluding steroid dienone is 1. The van der Waals surface area contributed by atoms with E-state index < -0.39 is 27.7 Å². The number of nitrogens with zero attached hydrogens (tertiary/aromatic N) is 2. The summed E-state index contributed by atoms with van der Waals surface area (Å²) in [6, 6.07) is 19.1. The van der Waals surface area contributed by atoms with Crippen LogP contribution in [0.15, 0.2) is 98.7 Å². The lowest BCUT2D eigenvalue weighted by atomic mass is 9.96. The highest BCUT2D eigenvalue weighted by atomic mass is 35.5. The largest absolute Gasteiger partial charge is 0.463 e. The second-order valence-electron chi connectivity index (χ2n) is 9.25. The maximum Gasteiger partial charge on any atom is 0.339 e. The minimum absolute atomic E-state index is 0.00353. The van der Waals surface area contributed by atoms with Crippen LogP contribution in [-0.2, 0) is 19.6 Å². The summed E-state index contributed by atoms with van der Waals surface area (Å²) in [4.78, 5) is 31.8. The van der Waals surface area contributed by atoms with Crippen molar-refractivity contribution < 1.29 is 22.1 Å². The number of ether oxygens (including phenoxy) is 1. The number of halogens is 1. The maximum atomic E-state index is 13.9. The molecule has 3 aromatic carbocycles. The van der Waals surface area contributed by atoms with Crippen LogP contribution in [0.4, 0.5) is 0 Å². The Kier molecular flexibility index (Phi) is 7.99. The smallest absolute Gasteiger partial charge is 0.339 e. The number of hydrogen-bond donors (Lipinski definition) is 0. The highest BCUT2D eigenvalue weighted by molar-refractivity contribution is 7.87. The first-order valence-electron chi connectivity index (χ1n) is 12.6. The predicted octanol–water partition coefficient (Wildman–Crippen LogP) is 4.53. The van der Waals surface area contributed by atoms with Crippen LogP contribution in [0.3, 0.4) is 0 Å². The summed E-state index contributed by atoms with van der Waals surface area (Å²) in [7, 11) is -4.16. The minimum atomic E-state index is -4.16. The summed E-state index contributed by atoms with van der Waals surface area (Å²) >= 11 is 7.36. The molecule has 0 spiro atoms. The van der Waals surface area contributed by atoms with E-state index in [4.69, 9.17) is 20.5 Å². The van der Waals surface area contributed by atoms with Gasteiger partial charge in [0.05, 0.1) is 28.5 Å². The molecule has 11 heteroatoms. The maximum absolute atomic E-state index is 13.9. The second kappa shape index (κ2) is 11.5. The SMILES string of the molecule is CCOC(=O)C1=C(C)N=c2s/c(=C\c3cc(Cl)ccc3OS(=O)(=O)c3ccc(C)cc3)c(=O)n2[C@@H]1c1ccccc1. The Labute approximate surface area is 245 Å². The van der Waals surface area contributed by atoms with Gasteiger partial charge in [0, 0.05) is 10.6 Å². The van der Waals surface area contributed by atoms with E-state index in [1.54, 1.807) is 26.0 Å². The molecule has 0 N–H and O–H groups in total. The molecule has 0 radical (unpaired) electrons. The van der Waals surface area contributed by atoms with Crippen LogP contribution < -0.4 is 19.1 Å². The van der Waals surface area contributed by atoms with Crippen molar-refractivity contribution in [1.29, 1.82) is 0 Å². The van der Waals surface area contributed by atoms with Gasteiger partial charge in [-0.15, -0.1) is 0 Å². The summed E-state index contributed by atoms with van der Waals surface area (Å²) in [5.74, 6) is -0.549. The molecular formula is C30H25ClN2O6S2. The van der Waals surface area contributed by atoms with E-state index in [1.807, 2.05) is 37.3 Å². The molecule has 210 valence electrons. The molecule has 0 unspecified atom stereocenters. The molecule has 8 nitrogen and oxygen atoms in total. The third-order valence-electron chi connectivity index (χ3n) is 6.40. The zero-order valence-corrected chi connectivity index (χ0v) is 24.7. The van der Waals surface area contributed by atoms with Crippen molar-refractivity contribution in [3.63, 3.8) is 0 Å². The molecule has 0 aliphatic carbocycles. The van der Waals surface area contributed by atoms with Crippen LogP contribution in [-0.4, -0.2) is 25.6 Å². The first-order valence-corrected chi connectivity index (χ1v) is 15.2. The molecule has 0 saturated heterocycles. The number of thiazole rings is 1. The molecule has 41 heavy (non-hydrogen) atoms. The second-order valence-corrected chi connectivity index (χ2v) is 12.2. The number of benzene rings is 3. The Balaban J connectivity index is 1.65.